The molecule has 154 valence electrons. The monoisotopic (exact) mass is 411 g/mol. The average Bonchev–Trinajstić information content (AvgIpc) is 3.22. The van der Waals surface area contributed by atoms with Gasteiger partial charge < -0.3 is 19.9 Å². The number of aliphatic imine (C=N–C) groups is 1. The maximum absolute atomic E-state index is 6.21. The van der Waals surface area contributed by atoms with Crippen LogP contribution < -0.4 is 10.5 Å². The van der Waals surface area contributed by atoms with E-state index >= 15 is 0 Å². The second-order valence-electron chi connectivity index (χ2n) is 7.91. The van der Waals surface area contributed by atoms with Crippen LogP contribution in [0.25, 0.3) is 16.7 Å². The zero-order valence-electron chi connectivity index (χ0n) is 16.9. The van der Waals surface area contributed by atoms with E-state index in [4.69, 9.17) is 24.9 Å². The third kappa shape index (κ3) is 2.91. The summed E-state index contributed by atoms with van der Waals surface area (Å²) < 4.78 is 17.4. The Labute approximate surface area is 180 Å². The number of hydrogen-bond acceptors (Lipinski definition) is 6. The number of nitrogens with zero attached hydrogens (tertiary/aromatic N) is 2. The van der Waals surface area contributed by atoms with Crippen molar-refractivity contribution in [2.75, 3.05) is 19.8 Å². The maximum atomic E-state index is 6.21. The fourth-order valence-electron chi connectivity index (χ4n) is 4.50. The average molecular weight is 411 g/mol. The number of hydrogen-bond donors (Lipinski definition) is 1. The van der Waals surface area contributed by atoms with Gasteiger partial charge in [0.1, 0.15) is 12.4 Å². The molecule has 0 radical (unpaired) electrons. The normalized spacial score (nSPS) is 21.4. The Morgan fingerprint density at radius 3 is 2.58 bits per heavy atom. The molecule has 2 aromatic carbocycles. The second-order valence-corrected chi connectivity index (χ2v) is 7.91. The summed E-state index contributed by atoms with van der Waals surface area (Å²) in [4.78, 5) is 9.44. The topological polar surface area (TPSA) is 79.0 Å². The minimum absolute atomic E-state index is 0.180. The van der Waals surface area contributed by atoms with Crippen LogP contribution in [0.5, 0.6) is 11.6 Å². The molecule has 0 fully saturated rings. The fraction of sp³-hybridized carbons (Fsp3) is 0.200. The van der Waals surface area contributed by atoms with E-state index in [1.54, 1.807) is 0 Å². The summed E-state index contributed by atoms with van der Waals surface area (Å²) in [5.74, 6) is 1.26. The lowest BCUT2D eigenvalue weighted by atomic mass is 9.80. The van der Waals surface area contributed by atoms with E-state index in [1.165, 1.54) is 5.57 Å². The van der Waals surface area contributed by atoms with Gasteiger partial charge in [-0.2, -0.15) is 0 Å². The Hall–Kier alpha value is -3.64. The van der Waals surface area contributed by atoms with Gasteiger partial charge in [0.05, 0.1) is 18.8 Å². The predicted octanol–water partition coefficient (Wildman–Crippen LogP) is 4.25. The van der Waals surface area contributed by atoms with E-state index in [2.05, 4.69) is 41.4 Å². The quantitative estimate of drug-likeness (QED) is 0.682. The predicted molar refractivity (Wildman–Crippen MR) is 118 cm³/mol. The largest absolute Gasteiger partial charge is 0.462 e. The van der Waals surface area contributed by atoms with Crippen LogP contribution in [0, 0.1) is 0 Å². The minimum atomic E-state index is -0.785. The summed E-state index contributed by atoms with van der Waals surface area (Å²) in [7, 11) is 0. The van der Waals surface area contributed by atoms with Crippen molar-refractivity contribution >= 4 is 11.6 Å². The number of nitrogens with two attached hydrogens (primary N) is 1. The van der Waals surface area contributed by atoms with Gasteiger partial charge in [-0.15, -0.1) is 0 Å². The molecular weight excluding hydrogens is 390 g/mol. The van der Waals surface area contributed by atoms with Crippen molar-refractivity contribution in [2.45, 2.75) is 12.0 Å². The SMILES string of the molecule is NC1=N[C@]2(CO1)c1cc(-c3ccccc3)ccc1Oc1ncc(C3=CCOCC3)cc12. The summed E-state index contributed by atoms with van der Waals surface area (Å²) in [5.41, 5.74) is 11.5. The molecule has 1 atom stereocenters. The number of ether oxygens (including phenoxy) is 3. The molecule has 0 unspecified atom stereocenters. The van der Waals surface area contributed by atoms with Gasteiger partial charge >= 0.3 is 0 Å². The third-order valence-electron chi connectivity index (χ3n) is 6.10. The number of fused-ring (bicyclic) bond motifs is 4. The molecule has 0 saturated heterocycles. The summed E-state index contributed by atoms with van der Waals surface area (Å²) in [6.07, 6.45) is 4.81. The lowest BCUT2D eigenvalue weighted by molar-refractivity contribution is 0.161. The first-order chi connectivity index (χ1) is 15.2. The highest BCUT2D eigenvalue weighted by Crippen LogP contribution is 2.51. The van der Waals surface area contributed by atoms with Crippen LogP contribution in [0.4, 0.5) is 0 Å². The zero-order chi connectivity index (χ0) is 20.8. The van der Waals surface area contributed by atoms with E-state index in [1.807, 2.05) is 30.5 Å². The Kier molecular flexibility index (Phi) is 4.07. The minimum Gasteiger partial charge on any atom is -0.462 e. The van der Waals surface area contributed by atoms with Gasteiger partial charge in [-0.1, -0.05) is 42.5 Å². The van der Waals surface area contributed by atoms with Gasteiger partial charge in [0.25, 0.3) is 6.02 Å². The lowest BCUT2D eigenvalue weighted by Crippen LogP contribution is -2.31. The molecule has 0 bridgehead atoms. The van der Waals surface area contributed by atoms with Crippen molar-refractivity contribution in [3.63, 3.8) is 0 Å². The van der Waals surface area contributed by atoms with Crippen molar-refractivity contribution in [1.29, 1.82) is 0 Å². The van der Waals surface area contributed by atoms with Crippen molar-refractivity contribution in [3.8, 4) is 22.8 Å². The first-order valence-electron chi connectivity index (χ1n) is 10.4. The van der Waals surface area contributed by atoms with Crippen LogP contribution in [0.15, 0.2) is 71.9 Å². The van der Waals surface area contributed by atoms with E-state index in [0.717, 1.165) is 40.0 Å². The molecule has 4 heterocycles. The van der Waals surface area contributed by atoms with Gasteiger partial charge in [-0.05, 0) is 46.9 Å². The third-order valence-corrected chi connectivity index (χ3v) is 6.10. The highest BCUT2D eigenvalue weighted by molar-refractivity contribution is 5.78. The number of pyridine rings is 1. The van der Waals surface area contributed by atoms with E-state index < -0.39 is 5.54 Å². The highest BCUT2D eigenvalue weighted by atomic mass is 16.5. The molecule has 6 heteroatoms. The number of benzene rings is 2. The zero-order valence-corrected chi connectivity index (χ0v) is 16.9. The van der Waals surface area contributed by atoms with Crippen molar-refractivity contribution in [3.05, 3.63) is 83.6 Å². The molecular formula is C25H21N3O3. The van der Waals surface area contributed by atoms with Crippen LogP contribution >= 0.6 is 0 Å². The first-order valence-corrected chi connectivity index (χ1v) is 10.4. The number of rotatable bonds is 2. The molecule has 2 N–H and O–H groups in total. The van der Waals surface area contributed by atoms with Gasteiger partial charge in [0.15, 0.2) is 5.54 Å². The van der Waals surface area contributed by atoms with E-state index in [9.17, 15) is 0 Å². The molecule has 3 aromatic rings. The van der Waals surface area contributed by atoms with Crippen LogP contribution in [-0.4, -0.2) is 30.8 Å². The first kappa shape index (κ1) is 18.2. The fourth-order valence-corrected chi connectivity index (χ4v) is 4.50. The molecule has 0 amide bonds. The van der Waals surface area contributed by atoms with Crippen molar-refractivity contribution in [2.24, 2.45) is 10.7 Å². The van der Waals surface area contributed by atoms with E-state index in [-0.39, 0.29) is 6.02 Å². The Morgan fingerprint density at radius 2 is 1.81 bits per heavy atom. The number of aromatic nitrogens is 1. The van der Waals surface area contributed by atoms with Crippen LogP contribution in [0.2, 0.25) is 0 Å². The van der Waals surface area contributed by atoms with Crippen LogP contribution in [-0.2, 0) is 15.0 Å². The molecule has 1 aromatic heterocycles. The molecule has 0 saturated carbocycles. The molecule has 3 aliphatic heterocycles. The van der Waals surface area contributed by atoms with Gasteiger partial charge in [0, 0.05) is 11.8 Å². The van der Waals surface area contributed by atoms with Gasteiger partial charge in [0.2, 0.25) is 5.88 Å². The van der Waals surface area contributed by atoms with Gasteiger partial charge in [-0.25, -0.2) is 9.98 Å². The molecule has 1 spiro atoms. The summed E-state index contributed by atoms with van der Waals surface area (Å²) >= 11 is 0. The van der Waals surface area contributed by atoms with Crippen molar-refractivity contribution in [1.82, 2.24) is 4.98 Å². The molecule has 6 nitrogen and oxygen atoms in total. The second kappa shape index (κ2) is 6.96. The van der Waals surface area contributed by atoms with E-state index in [0.29, 0.717) is 25.7 Å². The Morgan fingerprint density at radius 1 is 0.935 bits per heavy atom. The molecule has 3 aliphatic rings. The number of amidine groups is 1. The molecule has 31 heavy (non-hydrogen) atoms. The van der Waals surface area contributed by atoms with Gasteiger partial charge in [-0.3, -0.25) is 0 Å². The summed E-state index contributed by atoms with van der Waals surface area (Å²) in [6.45, 7) is 1.64. The molecule has 0 aliphatic carbocycles. The van der Waals surface area contributed by atoms with Crippen LogP contribution in [0.3, 0.4) is 0 Å². The maximum Gasteiger partial charge on any atom is 0.283 e. The van der Waals surface area contributed by atoms with Crippen LogP contribution in [0.1, 0.15) is 23.1 Å². The Bertz CT molecular complexity index is 1240. The summed E-state index contributed by atoms with van der Waals surface area (Å²) in [5, 5.41) is 0. The smallest absolute Gasteiger partial charge is 0.283 e. The Balaban J connectivity index is 1.53. The summed E-state index contributed by atoms with van der Waals surface area (Å²) in [6, 6.07) is 18.7. The highest BCUT2D eigenvalue weighted by Gasteiger charge is 2.48. The lowest BCUT2D eigenvalue weighted by Gasteiger charge is -2.33. The van der Waals surface area contributed by atoms with Crippen molar-refractivity contribution < 1.29 is 14.2 Å². The molecule has 6 rings (SSSR count). The standard InChI is InChI=1S/C25H21N3O3/c26-24-28-25(15-30-24)20-12-18(16-4-2-1-3-5-16)6-7-22(20)31-23-21(25)13-19(14-27-23)17-8-10-29-11-9-17/h1-8,12-14H,9-11,15H2,(H2,26,28)/t25-/m1/s1.